The lowest BCUT2D eigenvalue weighted by atomic mass is 10.2. The largest absolute Gasteiger partial charge is 0.305 e. The molecule has 0 aliphatic carbocycles. The Morgan fingerprint density at radius 1 is 1.26 bits per heavy atom. The highest BCUT2D eigenvalue weighted by atomic mass is 35.5. The first-order valence-corrected chi connectivity index (χ1v) is 5.85. The minimum absolute atomic E-state index is 0.0738. The summed E-state index contributed by atoms with van der Waals surface area (Å²) in [5, 5.41) is 10.2. The van der Waals surface area contributed by atoms with Crippen LogP contribution in [0.4, 0.5) is 5.82 Å². The van der Waals surface area contributed by atoms with Gasteiger partial charge in [-0.3, -0.25) is 9.89 Å². The van der Waals surface area contributed by atoms with Crippen molar-refractivity contribution in [2.75, 3.05) is 5.32 Å². The van der Waals surface area contributed by atoms with Crippen LogP contribution in [0.1, 0.15) is 10.5 Å². The molecule has 3 rings (SSSR count). The van der Waals surface area contributed by atoms with Gasteiger partial charge in [-0.2, -0.15) is 5.10 Å². The van der Waals surface area contributed by atoms with Crippen LogP contribution in [0.3, 0.4) is 0 Å². The van der Waals surface area contributed by atoms with Crippen LogP contribution in [0.25, 0.3) is 10.9 Å². The molecule has 2 aromatic heterocycles. The van der Waals surface area contributed by atoms with Crippen LogP contribution in [-0.2, 0) is 0 Å². The number of hydrogen-bond donors (Lipinski definition) is 2. The van der Waals surface area contributed by atoms with Gasteiger partial charge in [0.1, 0.15) is 5.82 Å². The van der Waals surface area contributed by atoms with Gasteiger partial charge in [0, 0.05) is 11.6 Å². The zero-order valence-corrected chi connectivity index (χ0v) is 10.3. The molecule has 0 spiro atoms. The van der Waals surface area contributed by atoms with E-state index in [-0.39, 0.29) is 11.2 Å². The van der Waals surface area contributed by atoms with Crippen molar-refractivity contribution in [3.63, 3.8) is 0 Å². The zero-order chi connectivity index (χ0) is 13.2. The van der Waals surface area contributed by atoms with Gasteiger partial charge in [0.05, 0.1) is 5.52 Å². The number of aromatic nitrogens is 4. The van der Waals surface area contributed by atoms with Crippen LogP contribution >= 0.6 is 11.6 Å². The molecule has 1 amide bonds. The van der Waals surface area contributed by atoms with Gasteiger partial charge >= 0.3 is 0 Å². The number of halogens is 1. The van der Waals surface area contributed by atoms with Crippen LogP contribution < -0.4 is 5.32 Å². The molecular formula is C12H8ClN5O. The molecule has 3 aromatic rings. The monoisotopic (exact) mass is 273 g/mol. The molecule has 94 valence electrons. The van der Waals surface area contributed by atoms with Crippen molar-refractivity contribution >= 4 is 34.2 Å². The maximum atomic E-state index is 12.1. The van der Waals surface area contributed by atoms with Crippen molar-refractivity contribution in [2.24, 2.45) is 0 Å². The number of amides is 1. The van der Waals surface area contributed by atoms with Gasteiger partial charge < -0.3 is 5.32 Å². The van der Waals surface area contributed by atoms with E-state index in [1.54, 1.807) is 6.07 Å². The van der Waals surface area contributed by atoms with E-state index < -0.39 is 0 Å². The number of anilines is 1. The highest BCUT2D eigenvalue weighted by Gasteiger charge is 2.14. The second-order valence-electron chi connectivity index (χ2n) is 3.78. The summed E-state index contributed by atoms with van der Waals surface area (Å²) in [6.45, 7) is 0. The van der Waals surface area contributed by atoms with E-state index >= 15 is 0 Å². The fourth-order valence-electron chi connectivity index (χ4n) is 1.72. The number of carbonyl (C=O) groups is 1. The third-order valence-corrected chi connectivity index (χ3v) is 2.74. The van der Waals surface area contributed by atoms with Gasteiger partial charge in [0.25, 0.3) is 5.91 Å². The highest BCUT2D eigenvalue weighted by Crippen LogP contribution is 2.16. The first-order chi connectivity index (χ1) is 9.24. The molecule has 0 saturated heterocycles. The molecule has 0 fully saturated rings. The Morgan fingerprint density at radius 3 is 2.95 bits per heavy atom. The molecule has 0 bridgehead atoms. The van der Waals surface area contributed by atoms with Gasteiger partial charge in [-0.25, -0.2) is 9.97 Å². The van der Waals surface area contributed by atoms with Gasteiger partial charge in [0.2, 0.25) is 5.28 Å². The summed E-state index contributed by atoms with van der Waals surface area (Å²) in [6, 6.07) is 8.93. The van der Waals surface area contributed by atoms with Crippen LogP contribution in [0.5, 0.6) is 0 Å². The first-order valence-electron chi connectivity index (χ1n) is 5.47. The third-order valence-electron chi connectivity index (χ3n) is 2.55. The number of para-hydroxylation sites is 1. The summed E-state index contributed by atoms with van der Waals surface area (Å²) in [7, 11) is 0. The molecule has 2 N–H and O–H groups in total. The third kappa shape index (κ3) is 2.25. The number of aromatic amines is 1. The van der Waals surface area contributed by atoms with Crippen LogP contribution in [-0.4, -0.2) is 26.1 Å². The number of rotatable bonds is 2. The Hall–Kier alpha value is -2.47. The van der Waals surface area contributed by atoms with Crippen molar-refractivity contribution < 1.29 is 4.79 Å². The number of carbonyl (C=O) groups excluding carboxylic acids is 1. The lowest BCUT2D eigenvalue weighted by molar-refractivity contribution is 0.102. The summed E-state index contributed by atoms with van der Waals surface area (Å²) in [6.07, 6.45) is 1.47. The molecule has 19 heavy (non-hydrogen) atoms. The van der Waals surface area contributed by atoms with E-state index in [0.29, 0.717) is 11.5 Å². The van der Waals surface area contributed by atoms with Gasteiger partial charge in [-0.15, -0.1) is 0 Å². The van der Waals surface area contributed by atoms with E-state index in [4.69, 9.17) is 11.6 Å². The van der Waals surface area contributed by atoms with Crippen molar-refractivity contribution in [3.05, 3.63) is 47.5 Å². The summed E-state index contributed by atoms with van der Waals surface area (Å²) in [5.41, 5.74) is 1.11. The van der Waals surface area contributed by atoms with Crippen molar-refractivity contribution in [1.82, 2.24) is 20.2 Å². The Labute approximate surface area is 112 Å². The zero-order valence-electron chi connectivity index (χ0n) is 9.59. The van der Waals surface area contributed by atoms with E-state index in [2.05, 4.69) is 25.5 Å². The predicted octanol–water partition coefficient (Wildman–Crippen LogP) is 2.26. The van der Waals surface area contributed by atoms with E-state index in [9.17, 15) is 4.79 Å². The Morgan fingerprint density at radius 2 is 2.11 bits per heavy atom. The molecule has 1 aromatic carbocycles. The minimum atomic E-state index is -0.354. The molecule has 0 aliphatic heterocycles. The minimum Gasteiger partial charge on any atom is -0.305 e. The normalized spacial score (nSPS) is 10.6. The van der Waals surface area contributed by atoms with Crippen molar-refractivity contribution in [3.8, 4) is 0 Å². The number of H-pyrrole nitrogens is 1. The maximum Gasteiger partial charge on any atom is 0.277 e. The molecule has 7 heteroatoms. The number of hydrogen-bond acceptors (Lipinski definition) is 4. The fraction of sp³-hybridized carbons (Fsp3) is 0. The predicted molar refractivity (Wildman–Crippen MR) is 71.1 cm³/mol. The lowest BCUT2D eigenvalue weighted by Crippen LogP contribution is -2.14. The van der Waals surface area contributed by atoms with Gasteiger partial charge in [0.15, 0.2) is 5.69 Å². The van der Waals surface area contributed by atoms with Crippen molar-refractivity contribution in [1.29, 1.82) is 0 Å². The molecule has 0 saturated carbocycles. The first kappa shape index (κ1) is 11.6. The summed E-state index contributed by atoms with van der Waals surface area (Å²) < 4.78 is 0. The average molecular weight is 274 g/mol. The van der Waals surface area contributed by atoms with E-state index in [1.807, 2.05) is 24.3 Å². The number of fused-ring (bicyclic) bond motifs is 1. The van der Waals surface area contributed by atoms with Crippen molar-refractivity contribution in [2.45, 2.75) is 0 Å². The van der Waals surface area contributed by atoms with Crippen LogP contribution in [0.15, 0.2) is 36.5 Å². The molecule has 0 aliphatic rings. The number of benzene rings is 1. The lowest BCUT2D eigenvalue weighted by Gasteiger charge is -2.02. The molecule has 2 heterocycles. The standard InChI is InChI=1S/C12H8ClN5O/c13-12-14-6-5-9(16-12)15-11(19)10-7-3-1-2-4-8(7)17-18-10/h1-6H,(H,17,18)(H,14,15,16,19). The topological polar surface area (TPSA) is 83.6 Å². The van der Waals surface area contributed by atoms with Gasteiger partial charge in [-0.05, 0) is 23.7 Å². The van der Waals surface area contributed by atoms with Gasteiger partial charge in [-0.1, -0.05) is 18.2 Å². The molecule has 0 atom stereocenters. The second-order valence-corrected chi connectivity index (χ2v) is 4.12. The SMILES string of the molecule is O=C(Nc1ccnc(Cl)n1)c1n[nH]c2ccccc12. The van der Waals surface area contributed by atoms with E-state index in [1.165, 1.54) is 6.20 Å². The summed E-state index contributed by atoms with van der Waals surface area (Å²) in [4.78, 5) is 19.7. The molecule has 0 radical (unpaired) electrons. The van der Waals surface area contributed by atoms with Crippen LogP contribution in [0.2, 0.25) is 5.28 Å². The fourth-order valence-corrected chi connectivity index (χ4v) is 1.86. The quantitative estimate of drug-likeness (QED) is 0.702. The molecular weight excluding hydrogens is 266 g/mol. The number of nitrogens with one attached hydrogen (secondary N) is 2. The average Bonchev–Trinajstić information content (AvgIpc) is 2.82. The summed E-state index contributed by atoms with van der Waals surface area (Å²) >= 11 is 5.65. The molecule has 6 nitrogen and oxygen atoms in total. The molecule has 0 unspecified atom stereocenters. The Bertz CT molecular complexity index is 754. The van der Waals surface area contributed by atoms with Crippen LogP contribution in [0, 0.1) is 0 Å². The Kier molecular flexibility index (Phi) is 2.85. The smallest absolute Gasteiger partial charge is 0.277 e. The van der Waals surface area contributed by atoms with E-state index in [0.717, 1.165) is 10.9 Å². The highest BCUT2D eigenvalue weighted by molar-refractivity contribution is 6.28. The number of nitrogens with zero attached hydrogens (tertiary/aromatic N) is 3. The maximum absolute atomic E-state index is 12.1. The summed E-state index contributed by atoms with van der Waals surface area (Å²) in [5.74, 6) is -0.0238. The Balaban J connectivity index is 1.92. The second kappa shape index (κ2) is 4.66.